The Morgan fingerprint density at radius 3 is 2.20 bits per heavy atom. The Balaban J connectivity index is 1.61. The number of hydrogen-bond acceptors (Lipinski definition) is 4. The fourth-order valence-corrected chi connectivity index (χ4v) is 5.14. The van der Waals surface area contributed by atoms with Gasteiger partial charge in [0.05, 0.1) is 11.3 Å². The van der Waals surface area contributed by atoms with E-state index in [1.54, 1.807) is 13.0 Å². The number of anilines is 1. The standard InChI is InChI=1S/C29H32N4O2/c1-18-5-6-19(2)33(18)24-10-7-21(8-11-24)28(30-23-13-15-32(4)16-14-23)27-25-17-22(20(3)34)9-12-26(25)31-29(27)35/h5-12,17,23,30H,13-16H2,1-4H3,(H,31,35). The maximum Gasteiger partial charge on any atom is 0.258 e. The molecule has 6 heteroatoms. The average Bonchev–Trinajstić information content (AvgIpc) is 3.35. The van der Waals surface area contributed by atoms with Crippen LogP contribution in [0.4, 0.5) is 5.69 Å². The summed E-state index contributed by atoms with van der Waals surface area (Å²) >= 11 is 0. The number of carbonyl (C=O) groups is 2. The summed E-state index contributed by atoms with van der Waals surface area (Å²) in [7, 11) is 2.14. The molecule has 0 aliphatic carbocycles. The predicted octanol–water partition coefficient (Wildman–Crippen LogP) is 4.80. The van der Waals surface area contributed by atoms with Gasteiger partial charge >= 0.3 is 0 Å². The van der Waals surface area contributed by atoms with Crippen LogP contribution < -0.4 is 10.6 Å². The Hall–Kier alpha value is -3.64. The van der Waals surface area contributed by atoms with E-state index in [0.29, 0.717) is 11.1 Å². The van der Waals surface area contributed by atoms with E-state index in [-0.39, 0.29) is 17.7 Å². The summed E-state index contributed by atoms with van der Waals surface area (Å²) in [5.41, 5.74) is 7.96. The molecule has 0 saturated carbocycles. The molecule has 0 unspecified atom stereocenters. The van der Waals surface area contributed by atoms with Crippen molar-refractivity contribution < 1.29 is 9.59 Å². The van der Waals surface area contributed by atoms with Gasteiger partial charge < -0.3 is 20.1 Å². The van der Waals surface area contributed by atoms with Crippen molar-refractivity contribution in [2.45, 2.75) is 39.7 Å². The van der Waals surface area contributed by atoms with E-state index in [4.69, 9.17) is 0 Å². The summed E-state index contributed by atoms with van der Waals surface area (Å²) in [5, 5.41) is 6.73. The maximum absolute atomic E-state index is 13.3. The van der Waals surface area contributed by atoms with Gasteiger partial charge in [-0.3, -0.25) is 9.59 Å². The molecule has 5 rings (SSSR count). The van der Waals surface area contributed by atoms with Gasteiger partial charge in [0.1, 0.15) is 0 Å². The molecular formula is C29H32N4O2. The lowest BCUT2D eigenvalue weighted by Crippen LogP contribution is -2.40. The third kappa shape index (κ3) is 4.42. The number of Topliss-reactive ketones (excluding diaryl/α,β-unsaturated/α-hetero) is 1. The molecule has 180 valence electrons. The molecular weight excluding hydrogens is 436 g/mol. The van der Waals surface area contributed by atoms with E-state index in [1.165, 1.54) is 11.4 Å². The van der Waals surface area contributed by atoms with Crippen LogP contribution in [0.25, 0.3) is 17.0 Å². The first kappa shape index (κ1) is 23.1. The van der Waals surface area contributed by atoms with Crippen molar-refractivity contribution in [2.24, 2.45) is 0 Å². The largest absolute Gasteiger partial charge is 0.381 e. The number of rotatable bonds is 5. The molecule has 2 aliphatic rings. The van der Waals surface area contributed by atoms with Crippen molar-refractivity contribution in [2.75, 3.05) is 25.5 Å². The van der Waals surface area contributed by atoms with Gasteiger partial charge in [-0.1, -0.05) is 12.1 Å². The van der Waals surface area contributed by atoms with Crippen molar-refractivity contribution in [3.63, 3.8) is 0 Å². The zero-order chi connectivity index (χ0) is 24.7. The van der Waals surface area contributed by atoms with Crippen molar-refractivity contribution >= 4 is 28.6 Å². The average molecular weight is 469 g/mol. The number of likely N-dealkylation sites (tertiary alicyclic amines) is 1. The van der Waals surface area contributed by atoms with Gasteiger partial charge in [-0.2, -0.15) is 0 Å². The lowest BCUT2D eigenvalue weighted by Gasteiger charge is -2.31. The van der Waals surface area contributed by atoms with E-state index in [1.807, 2.05) is 12.1 Å². The van der Waals surface area contributed by atoms with Crippen molar-refractivity contribution in [1.82, 2.24) is 14.8 Å². The zero-order valence-corrected chi connectivity index (χ0v) is 20.8. The van der Waals surface area contributed by atoms with Gasteiger partial charge in [0.15, 0.2) is 5.78 Å². The molecule has 1 amide bonds. The van der Waals surface area contributed by atoms with Crippen molar-refractivity contribution in [3.8, 4) is 5.69 Å². The SMILES string of the molecule is CC(=O)c1ccc2c(c1)C(=C(NC1CCN(C)CC1)c1ccc(-n3c(C)ccc3C)cc1)C(=O)N2. The number of aryl methyl sites for hydroxylation is 2. The monoisotopic (exact) mass is 468 g/mol. The van der Waals surface area contributed by atoms with Crippen LogP contribution in [0.2, 0.25) is 0 Å². The highest BCUT2D eigenvalue weighted by molar-refractivity contribution is 6.36. The number of carbonyl (C=O) groups excluding carboxylic acids is 2. The zero-order valence-electron chi connectivity index (χ0n) is 20.8. The molecule has 2 aliphatic heterocycles. The van der Waals surface area contributed by atoms with Crippen LogP contribution in [-0.4, -0.2) is 47.3 Å². The van der Waals surface area contributed by atoms with Crippen LogP contribution >= 0.6 is 0 Å². The Morgan fingerprint density at radius 1 is 0.943 bits per heavy atom. The summed E-state index contributed by atoms with van der Waals surface area (Å²) in [4.78, 5) is 27.7. The molecule has 35 heavy (non-hydrogen) atoms. The number of piperidine rings is 1. The number of hydrogen-bond donors (Lipinski definition) is 2. The van der Waals surface area contributed by atoms with Crippen LogP contribution in [0.1, 0.15) is 52.6 Å². The minimum atomic E-state index is -0.141. The number of amides is 1. The molecule has 1 fully saturated rings. The number of fused-ring (bicyclic) bond motifs is 1. The highest BCUT2D eigenvalue weighted by Crippen LogP contribution is 2.37. The van der Waals surface area contributed by atoms with Crippen LogP contribution in [0.15, 0.2) is 54.6 Å². The third-order valence-electron chi connectivity index (χ3n) is 7.17. The molecule has 6 nitrogen and oxygen atoms in total. The number of aromatic nitrogens is 1. The first-order valence-corrected chi connectivity index (χ1v) is 12.2. The van der Waals surface area contributed by atoms with Gasteiger partial charge in [0, 0.05) is 39.9 Å². The summed E-state index contributed by atoms with van der Waals surface area (Å²) in [5.74, 6) is -0.157. The quantitative estimate of drug-likeness (QED) is 0.417. The molecule has 3 heterocycles. The van der Waals surface area contributed by atoms with Crippen LogP contribution in [0, 0.1) is 13.8 Å². The normalized spacial score (nSPS) is 17.8. The second kappa shape index (κ2) is 9.19. The first-order chi connectivity index (χ1) is 16.8. The second-order valence-corrected chi connectivity index (χ2v) is 9.74. The van der Waals surface area contributed by atoms with Crippen molar-refractivity contribution in [3.05, 3.63) is 82.7 Å². The minimum absolute atomic E-state index is 0.0156. The smallest absolute Gasteiger partial charge is 0.258 e. The van der Waals surface area contributed by atoms with Crippen LogP contribution in [0.3, 0.4) is 0 Å². The van der Waals surface area contributed by atoms with Crippen molar-refractivity contribution in [1.29, 1.82) is 0 Å². The summed E-state index contributed by atoms with van der Waals surface area (Å²) < 4.78 is 2.22. The third-order valence-corrected chi connectivity index (χ3v) is 7.17. The molecule has 0 bridgehead atoms. The number of nitrogens with one attached hydrogen (secondary N) is 2. The molecule has 0 atom stereocenters. The molecule has 2 N–H and O–H groups in total. The Bertz CT molecular complexity index is 1310. The van der Waals surface area contributed by atoms with E-state index in [0.717, 1.165) is 54.1 Å². The highest BCUT2D eigenvalue weighted by Gasteiger charge is 2.30. The van der Waals surface area contributed by atoms with E-state index in [9.17, 15) is 9.59 Å². The van der Waals surface area contributed by atoms with Crippen LogP contribution in [0.5, 0.6) is 0 Å². The Kier molecular flexibility index (Phi) is 6.07. The first-order valence-electron chi connectivity index (χ1n) is 12.2. The molecule has 1 saturated heterocycles. The lowest BCUT2D eigenvalue weighted by atomic mass is 9.96. The fourth-order valence-electron chi connectivity index (χ4n) is 5.14. The fraction of sp³-hybridized carbons (Fsp3) is 0.310. The summed E-state index contributed by atoms with van der Waals surface area (Å²) in [6.45, 7) is 7.78. The minimum Gasteiger partial charge on any atom is -0.381 e. The Labute approximate surface area is 206 Å². The maximum atomic E-state index is 13.3. The summed E-state index contributed by atoms with van der Waals surface area (Å²) in [6, 6.07) is 18.3. The van der Waals surface area contributed by atoms with Gasteiger partial charge in [0.25, 0.3) is 5.91 Å². The van der Waals surface area contributed by atoms with Gasteiger partial charge in [-0.15, -0.1) is 0 Å². The number of ketones is 1. The molecule has 3 aromatic rings. The van der Waals surface area contributed by atoms with E-state index >= 15 is 0 Å². The highest BCUT2D eigenvalue weighted by atomic mass is 16.2. The molecule has 1 aromatic heterocycles. The Morgan fingerprint density at radius 2 is 1.57 bits per heavy atom. The number of benzene rings is 2. The van der Waals surface area contributed by atoms with Gasteiger partial charge in [-0.25, -0.2) is 0 Å². The topological polar surface area (TPSA) is 66.4 Å². The second-order valence-electron chi connectivity index (χ2n) is 9.74. The van der Waals surface area contributed by atoms with Gasteiger partial charge in [-0.05, 0) is 102 Å². The molecule has 0 radical (unpaired) electrons. The summed E-state index contributed by atoms with van der Waals surface area (Å²) in [6.07, 6.45) is 2.02. The predicted molar refractivity (Wildman–Crippen MR) is 141 cm³/mol. The molecule has 0 spiro atoms. The number of nitrogens with zero attached hydrogens (tertiary/aromatic N) is 2. The van der Waals surface area contributed by atoms with Gasteiger partial charge in [0.2, 0.25) is 0 Å². The lowest BCUT2D eigenvalue weighted by molar-refractivity contribution is -0.110. The van der Waals surface area contributed by atoms with E-state index in [2.05, 4.69) is 77.4 Å². The van der Waals surface area contributed by atoms with E-state index < -0.39 is 0 Å². The molecule has 2 aromatic carbocycles. The van der Waals surface area contributed by atoms with Crippen LogP contribution in [-0.2, 0) is 4.79 Å².